The van der Waals surface area contributed by atoms with Crippen molar-refractivity contribution in [3.63, 3.8) is 0 Å². The van der Waals surface area contributed by atoms with Gasteiger partial charge in [0.25, 0.3) is 5.56 Å². The van der Waals surface area contributed by atoms with E-state index in [0.29, 0.717) is 24.8 Å². The van der Waals surface area contributed by atoms with Gasteiger partial charge in [0.15, 0.2) is 0 Å². The lowest BCUT2D eigenvalue weighted by Gasteiger charge is -2.17. The maximum atomic E-state index is 12.7. The molecule has 1 saturated heterocycles. The number of nitrogens with zero attached hydrogens (tertiary/aromatic N) is 5. The number of aliphatic hydroxyl groups excluding tert-OH is 2. The predicted molar refractivity (Wildman–Crippen MR) is 89.2 cm³/mol. The van der Waals surface area contributed by atoms with Crippen LogP contribution in [0.4, 0.5) is 0 Å². The van der Waals surface area contributed by atoms with E-state index in [0.717, 1.165) is 4.57 Å². The lowest BCUT2D eigenvalue weighted by Crippen LogP contribution is -2.42. The first-order valence-electron chi connectivity index (χ1n) is 8.27. The average Bonchev–Trinajstić information content (AvgIpc) is 3.00. The van der Waals surface area contributed by atoms with Gasteiger partial charge in [-0.05, 0) is 31.7 Å². The van der Waals surface area contributed by atoms with Crippen molar-refractivity contribution in [3.05, 3.63) is 43.0 Å². The largest absolute Gasteiger partial charge is 0.396 e. The van der Waals surface area contributed by atoms with Crippen molar-refractivity contribution in [2.75, 3.05) is 13.2 Å². The molecule has 0 spiro atoms. The van der Waals surface area contributed by atoms with Gasteiger partial charge in [0.05, 0.1) is 18.8 Å². The molecule has 1 fully saturated rings. The van der Waals surface area contributed by atoms with Crippen LogP contribution in [0, 0.1) is 6.92 Å². The first-order chi connectivity index (χ1) is 12.0. The van der Waals surface area contributed by atoms with Crippen LogP contribution >= 0.6 is 0 Å². The fourth-order valence-corrected chi connectivity index (χ4v) is 2.96. The van der Waals surface area contributed by atoms with E-state index in [9.17, 15) is 14.7 Å². The molecular formula is C15H23N5O5. The molecule has 1 aliphatic rings. The lowest BCUT2D eigenvalue weighted by molar-refractivity contribution is -0.0277. The van der Waals surface area contributed by atoms with Crippen LogP contribution in [0.25, 0.3) is 10.4 Å². The van der Waals surface area contributed by atoms with Crippen molar-refractivity contribution in [1.82, 2.24) is 9.13 Å². The number of azide groups is 1. The average molecular weight is 353 g/mol. The van der Waals surface area contributed by atoms with Crippen LogP contribution in [0.2, 0.25) is 0 Å². The van der Waals surface area contributed by atoms with Crippen LogP contribution < -0.4 is 11.2 Å². The number of hydrogen-bond acceptors (Lipinski definition) is 6. The Morgan fingerprint density at radius 3 is 2.76 bits per heavy atom. The number of ether oxygens (including phenoxy) is 1. The summed E-state index contributed by atoms with van der Waals surface area (Å²) in [6.07, 6.45) is 2.23. The molecule has 10 heteroatoms. The van der Waals surface area contributed by atoms with Gasteiger partial charge in [-0.2, -0.15) is 0 Å². The third-order valence-corrected chi connectivity index (χ3v) is 4.30. The summed E-state index contributed by atoms with van der Waals surface area (Å²) in [6, 6.07) is -0.572. The molecule has 1 aromatic heterocycles. The van der Waals surface area contributed by atoms with Crippen LogP contribution in [-0.4, -0.2) is 44.7 Å². The second-order valence-electron chi connectivity index (χ2n) is 6.06. The molecule has 1 aromatic rings. The molecule has 3 atom stereocenters. The molecule has 0 aromatic carbocycles. The Balaban J connectivity index is 2.30. The molecule has 0 amide bonds. The Hall–Kier alpha value is -2.13. The van der Waals surface area contributed by atoms with E-state index in [1.807, 2.05) is 0 Å². The van der Waals surface area contributed by atoms with Gasteiger partial charge in [-0.25, -0.2) is 4.79 Å². The summed E-state index contributed by atoms with van der Waals surface area (Å²) in [4.78, 5) is 27.7. The standard InChI is InChI=1S/C15H23N5O5/c1-10-8-20(13-7-11(17-18-16)12(9-22)25-13)15(24)19(14(10)23)5-3-2-4-6-21/h8,11-13,21-22H,2-7,9H2,1H3/t11-,12+,13+/m0/s1. The predicted octanol–water partition coefficient (Wildman–Crippen LogP) is 0.440. The minimum Gasteiger partial charge on any atom is -0.396 e. The number of hydrogen-bond donors (Lipinski definition) is 2. The van der Waals surface area contributed by atoms with Crippen LogP contribution in [0.1, 0.15) is 37.5 Å². The van der Waals surface area contributed by atoms with Crippen molar-refractivity contribution < 1.29 is 14.9 Å². The fraction of sp³-hybridized carbons (Fsp3) is 0.733. The molecule has 0 radical (unpaired) electrons. The molecule has 0 bridgehead atoms. The summed E-state index contributed by atoms with van der Waals surface area (Å²) in [5.74, 6) is 0. The van der Waals surface area contributed by atoms with E-state index >= 15 is 0 Å². The third-order valence-electron chi connectivity index (χ3n) is 4.30. The molecule has 1 aliphatic heterocycles. The number of aliphatic hydroxyl groups is 2. The molecule has 25 heavy (non-hydrogen) atoms. The molecule has 0 unspecified atom stereocenters. The van der Waals surface area contributed by atoms with Crippen molar-refractivity contribution in [2.24, 2.45) is 5.11 Å². The van der Waals surface area contributed by atoms with Gasteiger partial charge in [0.1, 0.15) is 6.23 Å². The Bertz CT molecular complexity index is 752. The van der Waals surface area contributed by atoms with E-state index < -0.39 is 24.1 Å². The topological polar surface area (TPSA) is 142 Å². The molecule has 0 aliphatic carbocycles. The SMILES string of the molecule is Cc1cn([C@H]2C[C@H](N=[N+]=[N-])[C@@H](CO)O2)c(=O)n(CCCCCO)c1=O. The molecule has 0 saturated carbocycles. The zero-order valence-corrected chi connectivity index (χ0v) is 14.1. The second kappa shape index (κ2) is 8.82. The van der Waals surface area contributed by atoms with Crippen LogP contribution in [0.5, 0.6) is 0 Å². The number of aromatic nitrogens is 2. The van der Waals surface area contributed by atoms with E-state index in [4.69, 9.17) is 15.4 Å². The fourth-order valence-electron chi connectivity index (χ4n) is 2.96. The van der Waals surface area contributed by atoms with Crippen LogP contribution in [-0.2, 0) is 11.3 Å². The van der Waals surface area contributed by atoms with Crippen molar-refractivity contribution in [3.8, 4) is 0 Å². The molecule has 2 N–H and O–H groups in total. The van der Waals surface area contributed by atoms with Gasteiger partial charge in [-0.15, -0.1) is 0 Å². The zero-order chi connectivity index (χ0) is 18.4. The highest BCUT2D eigenvalue weighted by molar-refractivity contribution is 5.04. The second-order valence-corrected chi connectivity index (χ2v) is 6.06. The molecule has 2 heterocycles. The number of aryl methyl sites for hydroxylation is 1. The van der Waals surface area contributed by atoms with Crippen molar-refractivity contribution in [1.29, 1.82) is 0 Å². The molecule has 10 nitrogen and oxygen atoms in total. The summed E-state index contributed by atoms with van der Waals surface area (Å²) in [5, 5.41) is 21.8. The monoisotopic (exact) mass is 353 g/mol. The first-order valence-corrected chi connectivity index (χ1v) is 8.27. The van der Waals surface area contributed by atoms with Crippen LogP contribution in [0.3, 0.4) is 0 Å². The normalized spacial score (nSPS) is 22.8. The molecular weight excluding hydrogens is 330 g/mol. The summed E-state index contributed by atoms with van der Waals surface area (Å²) in [5.41, 5.74) is 8.16. The highest BCUT2D eigenvalue weighted by Gasteiger charge is 2.36. The van der Waals surface area contributed by atoms with Gasteiger partial charge < -0.3 is 14.9 Å². The van der Waals surface area contributed by atoms with E-state index in [1.165, 1.54) is 10.8 Å². The summed E-state index contributed by atoms with van der Waals surface area (Å²) < 4.78 is 8.11. The highest BCUT2D eigenvalue weighted by Crippen LogP contribution is 2.29. The summed E-state index contributed by atoms with van der Waals surface area (Å²) in [6.45, 7) is 1.63. The summed E-state index contributed by atoms with van der Waals surface area (Å²) >= 11 is 0. The van der Waals surface area contributed by atoms with E-state index in [2.05, 4.69) is 10.0 Å². The minimum absolute atomic E-state index is 0.0756. The van der Waals surface area contributed by atoms with Gasteiger partial charge in [-0.1, -0.05) is 5.11 Å². The van der Waals surface area contributed by atoms with Crippen LogP contribution in [0.15, 0.2) is 20.9 Å². The van der Waals surface area contributed by atoms with E-state index in [-0.39, 0.29) is 31.7 Å². The Morgan fingerprint density at radius 2 is 2.12 bits per heavy atom. The maximum absolute atomic E-state index is 12.7. The maximum Gasteiger partial charge on any atom is 0.333 e. The Morgan fingerprint density at radius 1 is 1.36 bits per heavy atom. The zero-order valence-electron chi connectivity index (χ0n) is 14.1. The van der Waals surface area contributed by atoms with Gasteiger partial charge in [0, 0.05) is 36.2 Å². The first kappa shape index (κ1) is 19.2. The van der Waals surface area contributed by atoms with Crippen molar-refractivity contribution >= 4 is 0 Å². The molecule has 2 rings (SSSR count). The number of unbranched alkanes of at least 4 members (excludes halogenated alkanes) is 2. The van der Waals surface area contributed by atoms with Crippen molar-refractivity contribution in [2.45, 2.75) is 57.5 Å². The smallest absolute Gasteiger partial charge is 0.333 e. The van der Waals surface area contributed by atoms with Gasteiger partial charge in [-0.3, -0.25) is 13.9 Å². The quantitative estimate of drug-likeness (QED) is 0.302. The Labute approximate surface area is 143 Å². The van der Waals surface area contributed by atoms with Gasteiger partial charge >= 0.3 is 5.69 Å². The number of rotatable bonds is 8. The molecule has 138 valence electrons. The highest BCUT2D eigenvalue weighted by atomic mass is 16.5. The minimum atomic E-state index is -0.705. The summed E-state index contributed by atoms with van der Waals surface area (Å²) in [7, 11) is 0. The van der Waals surface area contributed by atoms with E-state index in [1.54, 1.807) is 6.92 Å². The van der Waals surface area contributed by atoms with Gasteiger partial charge in [0.2, 0.25) is 0 Å². The Kier molecular flexibility index (Phi) is 6.77. The third kappa shape index (κ3) is 4.29. The lowest BCUT2D eigenvalue weighted by atomic mass is 10.1.